The van der Waals surface area contributed by atoms with Crippen molar-refractivity contribution in [1.29, 1.82) is 0 Å². The molecule has 5 nitrogen and oxygen atoms in total. The number of anilines is 1. The number of carbonyl (C=O) groups excluding carboxylic acids is 1. The molecule has 0 aliphatic rings. The van der Waals surface area contributed by atoms with Gasteiger partial charge in [-0.05, 0) is 45.4 Å². The zero-order valence-electron chi connectivity index (χ0n) is 14.1. The predicted octanol–water partition coefficient (Wildman–Crippen LogP) is 3.37. The van der Waals surface area contributed by atoms with E-state index in [0.29, 0.717) is 5.02 Å². The Bertz CT molecular complexity index is 693. The Morgan fingerprint density at radius 3 is 2.35 bits per heavy atom. The molecule has 124 valence electrons. The van der Waals surface area contributed by atoms with Gasteiger partial charge in [-0.3, -0.25) is 14.8 Å². The minimum absolute atomic E-state index is 0.0455. The summed E-state index contributed by atoms with van der Waals surface area (Å²) in [5.74, 6) is -0.0787. The molecule has 6 heteroatoms. The van der Waals surface area contributed by atoms with E-state index < -0.39 is 0 Å². The summed E-state index contributed by atoms with van der Waals surface area (Å²) in [4.78, 5) is 12.4. The number of halogens is 1. The van der Waals surface area contributed by atoms with Crippen molar-refractivity contribution < 1.29 is 4.79 Å². The van der Waals surface area contributed by atoms with Crippen LogP contribution in [0.2, 0.25) is 5.02 Å². The third kappa shape index (κ3) is 4.12. The smallest absolute Gasteiger partial charge is 0.241 e. The van der Waals surface area contributed by atoms with Gasteiger partial charge in [0.25, 0.3) is 0 Å². The second-order valence-corrected chi connectivity index (χ2v) is 6.26. The lowest BCUT2D eigenvalue weighted by molar-refractivity contribution is -0.117. The van der Waals surface area contributed by atoms with Crippen molar-refractivity contribution in [3.8, 4) is 0 Å². The van der Waals surface area contributed by atoms with Crippen molar-refractivity contribution in [3.63, 3.8) is 0 Å². The lowest BCUT2D eigenvalue weighted by Gasteiger charge is -2.20. The summed E-state index contributed by atoms with van der Waals surface area (Å²) in [6, 6.07) is 7.33. The highest BCUT2D eigenvalue weighted by molar-refractivity contribution is 6.30. The van der Waals surface area contributed by atoms with E-state index in [0.717, 1.165) is 22.6 Å². The van der Waals surface area contributed by atoms with E-state index in [4.69, 9.17) is 11.6 Å². The molecule has 0 fully saturated rings. The molecule has 1 aromatic carbocycles. The van der Waals surface area contributed by atoms with Crippen LogP contribution in [0.1, 0.15) is 36.8 Å². The SMILES string of the molecule is Cc1nn(C)c(C)c1NC(=O)[C@@H](C)N[C@H](C)c1ccc(Cl)cc1. The monoisotopic (exact) mass is 334 g/mol. The number of aryl methyl sites for hydroxylation is 2. The third-order valence-corrected chi connectivity index (χ3v) is 4.27. The van der Waals surface area contributed by atoms with E-state index in [9.17, 15) is 4.79 Å². The Balaban J connectivity index is 2.01. The van der Waals surface area contributed by atoms with Crippen LogP contribution < -0.4 is 10.6 Å². The molecular formula is C17H23ClN4O. The van der Waals surface area contributed by atoms with E-state index >= 15 is 0 Å². The Morgan fingerprint density at radius 2 is 1.83 bits per heavy atom. The maximum atomic E-state index is 12.4. The van der Waals surface area contributed by atoms with E-state index in [1.807, 2.05) is 59.0 Å². The maximum absolute atomic E-state index is 12.4. The second-order valence-electron chi connectivity index (χ2n) is 5.82. The molecule has 23 heavy (non-hydrogen) atoms. The molecule has 0 bridgehead atoms. The van der Waals surface area contributed by atoms with Crippen molar-refractivity contribution >= 4 is 23.2 Å². The fourth-order valence-corrected chi connectivity index (χ4v) is 2.61. The van der Waals surface area contributed by atoms with Crippen LogP contribution in [0.4, 0.5) is 5.69 Å². The fourth-order valence-electron chi connectivity index (χ4n) is 2.48. The Hall–Kier alpha value is -1.85. The fraction of sp³-hybridized carbons (Fsp3) is 0.412. The van der Waals surface area contributed by atoms with Gasteiger partial charge in [0.2, 0.25) is 5.91 Å². The molecule has 0 spiro atoms. The van der Waals surface area contributed by atoms with Gasteiger partial charge in [0.1, 0.15) is 0 Å². The quantitative estimate of drug-likeness (QED) is 0.881. The summed E-state index contributed by atoms with van der Waals surface area (Å²) in [5.41, 5.74) is 3.62. The molecule has 0 aliphatic heterocycles. The Morgan fingerprint density at radius 1 is 1.22 bits per heavy atom. The molecule has 1 heterocycles. The molecule has 0 unspecified atom stereocenters. The molecular weight excluding hydrogens is 312 g/mol. The van der Waals surface area contributed by atoms with Crippen LogP contribution in [0.3, 0.4) is 0 Å². The average Bonchev–Trinajstić information content (AvgIpc) is 2.74. The molecule has 0 aliphatic carbocycles. The molecule has 2 atom stereocenters. The highest BCUT2D eigenvalue weighted by Gasteiger charge is 2.19. The number of aromatic nitrogens is 2. The lowest BCUT2D eigenvalue weighted by Crippen LogP contribution is -2.39. The molecule has 0 radical (unpaired) electrons. The maximum Gasteiger partial charge on any atom is 0.241 e. The minimum Gasteiger partial charge on any atom is -0.322 e. The molecule has 0 saturated heterocycles. The van der Waals surface area contributed by atoms with Crippen LogP contribution >= 0.6 is 11.6 Å². The molecule has 2 N–H and O–H groups in total. The number of benzene rings is 1. The Kier molecular flexibility index (Phi) is 5.44. The molecule has 2 rings (SSSR count). The van der Waals surface area contributed by atoms with Gasteiger partial charge in [-0.2, -0.15) is 5.10 Å². The van der Waals surface area contributed by atoms with E-state index in [1.54, 1.807) is 4.68 Å². The topological polar surface area (TPSA) is 59.0 Å². The zero-order chi connectivity index (χ0) is 17.1. The number of carbonyl (C=O) groups is 1. The number of rotatable bonds is 5. The lowest BCUT2D eigenvalue weighted by atomic mass is 10.1. The molecule has 2 aromatic rings. The predicted molar refractivity (Wildman–Crippen MR) is 93.8 cm³/mol. The summed E-state index contributed by atoms with van der Waals surface area (Å²) in [5, 5.41) is 11.3. The van der Waals surface area contributed by atoms with Crippen molar-refractivity contribution in [1.82, 2.24) is 15.1 Å². The first-order valence-corrected chi connectivity index (χ1v) is 8.00. The number of hydrogen-bond acceptors (Lipinski definition) is 3. The van der Waals surface area contributed by atoms with Crippen LogP contribution in [0.25, 0.3) is 0 Å². The summed E-state index contributed by atoms with van der Waals surface area (Å²) >= 11 is 5.90. The van der Waals surface area contributed by atoms with Crippen LogP contribution in [0, 0.1) is 13.8 Å². The van der Waals surface area contributed by atoms with E-state index in [1.165, 1.54) is 0 Å². The summed E-state index contributed by atoms with van der Waals surface area (Å²) in [7, 11) is 1.86. The van der Waals surface area contributed by atoms with E-state index in [-0.39, 0.29) is 18.0 Å². The third-order valence-electron chi connectivity index (χ3n) is 4.02. The highest BCUT2D eigenvalue weighted by atomic mass is 35.5. The van der Waals surface area contributed by atoms with Crippen molar-refractivity contribution in [2.24, 2.45) is 7.05 Å². The standard InChI is InChI=1S/C17H23ClN4O/c1-10(14-6-8-15(18)9-7-14)19-12(3)17(23)20-16-11(2)21-22(5)13(16)4/h6-10,12,19H,1-5H3,(H,20,23)/t10-,12-/m1/s1. The summed E-state index contributed by atoms with van der Waals surface area (Å²) in [6.07, 6.45) is 0. The summed E-state index contributed by atoms with van der Waals surface area (Å²) < 4.78 is 1.76. The number of nitrogens with one attached hydrogen (secondary N) is 2. The van der Waals surface area contributed by atoms with E-state index in [2.05, 4.69) is 15.7 Å². The summed E-state index contributed by atoms with van der Waals surface area (Å²) in [6.45, 7) is 7.69. The van der Waals surface area contributed by atoms with Gasteiger partial charge >= 0.3 is 0 Å². The normalized spacial score (nSPS) is 13.7. The molecule has 0 saturated carbocycles. The average molecular weight is 335 g/mol. The number of nitrogens with zero attached hydrogens (tertiary/aromatic N) is 2. The molecule has 1 amide bonds. The van der Waals surface area contributed by atoms with Gasteiger partial charge in [-0.1, -0.05) is 23.7 Å². The minimum atomic E-state index is -0.334. The largest absolute Gasteiger partial charge is 0.322 e. The van der Waals surface area contributed by atoms with Gasteiger partial charge in [-0.25, -0.2) is 0 Å². The van der Waals surface area contributed by atoms with Crippen molar-refractivity contribution in [2.75, 3.05) is 5.32 Å². The van der Waals surface area contributed by atoms with Gasteiger partial charge in [0.05, 0.1) is 23.1 Å². The zero-order valence-corrected chi connectivity index (χ0v) is 14.9. The first kappa shape index (κ1) is 17.5. The van der Waals surface area contributed by atoms with Gasteiger partial charge in [0.15, 0.2) is 0 Å². The number of hydrogen-bond donors (Lipinski definition) is 2. The first-order chi connectivity index (χ1) is 10.8. The van der Waals surface area contributed by atoms with Crippen LogP contribution in [-0.4, -0.2) is 21.7 Å². The van der Waals surface area contributed by atoms with Gasteiger partial charge in [0, 0.05) is 18.1 Å². The Labute approximate surface area is 142 Å². The molecule has 1 aromatic heterocycles. The van der Waals surface area contributed by atoms with Crippen LogP contribution in [0.15, 0.2) is 24.3 Å². The van der Waals surface area contributed by atoms with Gasteiger partial charge < -0.3 is 5.32 Å². The van der Waals surface area contributed by atoms with Crippen LogP contribution in [0.5, 0.6) is 0 Å². The first-order valence-electron chi connectivity index (χ1n) is 7.62. The van der Waals surface area contributed by atoms with Crippen molar-refractivity contribution in [2.45, 2.75) is 39.8 Å². The second kappa shape index (κ2) is 7.15. The number of amides is 1. The van der Waals surface area contributed by atoms with Gasteiger partial charge in [-0.15, -0.1) is 0 Å². The highest BCUT2D eigenvalue weighted by Crippen LogP contribution is 2.19. The van der Waals surface area contributed by atoms with Crippen molar-refractivity contribution in [3.05, 3.63) is 46.2 Å². The van der Waals surface area contributed by atoms with Crippen LogP contribution in [-0.2, 0) is 11.8 Å².